The number of hydrogen-bond donors (Lipinski definition) is 0. The molecule has 0 fully saturated rings. The first kappa shape index (κ1) is 63.1. The van der Waals surface area contributed by atoms with Crippen LogP contribution in [0.3, 0.4) is 0 Å². The van der Waals surface area contributed by atoms with E-state index in [1.165, 1.54) is 148 Å². The summed E-state index contributed by atoms with van der Waals surface area (Å²) in [4.78, 5) is 37.9. The van der Waals surface area contributed by atoms with Crippen LogP contribution in [-0.4, -0.2) is 37.2 Å². The average molecular weight is 924 g/mol. The van der Waals surface area contributed by atoms with Gasteiger partial charge in [-0.1, -0.05) is 236 Å². The number of hydrogen-bond acceptors (Lipinski definition) is 6. The topological polar surface area (TPSA) is 78.9 Å². The zero-order valence-electron chi connectivity index (χ0n) is 43.7. The highest BCUT2D eigenvalue weighted by Gasteiger charge is 2.19. The minimum absolute atomic E-state index is 0.0796. The number of ether oxygens (including phenoxy) is 3. The van der Waals surface area contributed by atoms with Crippen LogP contribution in [0.15, 0.2) is 60.8 Å². The van der Waals surface area contributed by atoms with Crippen LogP contribution in [0.4, 0.5) is 0 Å². The molecule has 0 amide bonds. The van der Waals surface area contributed by atoms with Crippen molar-refractivity contribution in [1.82, 2.24) is 0 Å². The largest absolute Gasteiger partial charge is 0.462 e. The number of allylic oxidation sites excluding steroid dienone is 10. The van der Waals surface area contributed by atoms with Crippen LogP contribution >= 0.6 is 0 Å². The molecule has 382 valence electrons. The second-order valence-electron chi connectivity index (χ2n) is 18.8. The SMILES string of the molecule is CCCCC/C=C\C/C=C\CCCCCCCC(=O)OC(COC(=O)CCCCCCCCCC)COC(=O)CCCCCCCCCCCC/C=C\C/C=C\C/C=C\CCCCCCC. The van der Waals surface area contributed by atoms with Gasteiger partial charge in [0.25, 0.3) is 0 Å². The molecule has 0 aromatic heterocycles. The van der Waals surface area contributed by atoms with E-state index in [2.05, 4.69) is 81.5 Å². The lowest BCUT2D eigenvalue weighted by molar-refractivity contribution is -0.167. The number of carbonyl (C=O) groups excluding carboxylic acids is 3. The fourth-order valence-corrected chi connectivity index (χ4v) is 7.95. The highest BCUT2D eigenvalue weighted by molar-refractivity contribution is 5.71. The van der Waals surface area contributed by atoms with Crippen molar-refractivity contribution in [2.45, 2.75) is 290 Å². The molecule has 0 saturated carbocycles. The third kappa shape index (κ3) is 52.1. The molecule has 0 heterocycles. The van der Waals surface area contributed by atoms with Crippen LogP contribution in [0.5, 0.6) is 0 Å². The van der Waals surface area contributed by atoms with Crippen molar-refractivity contribution >= 4 is 17.9 Å². The van der Waals surface area contributed by atoms with E-state index in [9.17, 15) is 14.4 Å². The molecule has 1 unspecified atom stereocenters. The van der Waals surface area contributed by atoms with Gasteiger partial charge in [-0.3, -0.25) is 14.4 Å². The lowest BCUT2D eigenvalue weighted by Gasteiger charge is -2.18. The van der Waals surface area contributed by atoms with E-state index in [-0.39, 0.29) is 31.1 Å². The van der Waals surface area contributed by atoms with E-state index < -0.39 is 6.10 Å². The van der Waals surface area contributed by atoms with Crippen LogP contribution in [0.1, 0.15) is 284 Å². The Kier molecular flexibility index (Phi) is 52.3. The molecule has 6 heteroatoms. The molecule has 0 saturated heterocycles. The van der Waals surface area contributed by atoms with E-state index >= 15 is 0 Å². The van der Waals surface area contributed by atoms with Gasteiger partial charge in [-0.05, 0) is 89.9 Å². The molecule has 0 aliphatic rings. The molecule has 0 rings (SSSR count). The fourth-order valence-electron chi connectivity index (χ4n) is 7.95. The summed E-state index contributed by atoms with van der Waals surface area (Å²) in [6, 6.07) is 0. The Bertz CT molecular complexity index is 1200. The van der Waals surface area contributed by atoms with E-state index in [4.69, 9.17) is 14.2 Å². The van der Waals surface area contributed by atoms with Crippen molar-refractivity contribution in [2.24, 2.45) is 0 Å². The molecule has 0 radical (unpaired) electrons. The molecule has 0 aromatic carbocycles. The summed E-state index contributed by atoms with van der Waals surface area (Å²) in [5, 5.41) is 0. The molecular formula is C60H106O6. The van der Waals surface area contributed by atoms with Gasteiger partial charge in [0.2, 0.25) is 0 Å². The molecular weight excluding hydrogens is 817 g/mol. The zero-order chi connectivity index (χ0) is 47.9. The van der Waals surface area contributed by atoms with Crippen LogP contribution in [-0.2, 0) is 28.6 Å². The normalized spacial score (nSPS) is 12.5. The van der Waals surface area contributed by atoms with Crippen LogP contribution in [0.2, 0.25) is 0 Å². The second-order valence-corrected chi connectivity index (χ2v) is 18.8. The predicted octanol–water partition coefficient (Wildman–Crippen LogP) is 18.8. The standard InChI is InChI=1S/C60H106O6/c1-4-7-10-13-16-19-21-23-25-26-27-28-29-30-31-32-33-34-36-37-39-41-44-47-50-53-59(62)65-56-57(55-64-58(61)52-49-46-43-18-15-12-9-6-3)66-60(63)54-51-48-45-42-40-38-35-24-22-20-17-14-11-8-5-2/h17,20-21,23-24,26-27,29-30,35,57H,4-16,18-19,22,25,28,31-34,36-56H2,1-3H3/b20-17-,23-21-,27-26-,30-29-,35-24-. The van der Waals surface area contributed by atoms with Gasteiger partial charge in [-0.2, -0.15) is 0 Å². The summed E-state index contributed by atoms with van der Waals surface area (Å²) >= 11 is 0. The fraction of sp³-hybridized carbons (Fsp3) is 0.783. The van der Waals surface area contributed by atoms with Gasteiger partial charge in [0, 0.05) is 19.3 Å². The van der Waals surface area contributed by atoms with E-state index in [1.54, 1.807) is 0 Å². The number of carbonyl (C=O) groups is 3. The molecule has 66 heavy (non-hydrogen) atoms. The smallest absolute Gasteiger partial charge is 0.306 e. The van der Waals surface area contributed by atoms with E-state index in [0.29, 0.717) is 19.3 Å². The van der Waals surface area contributed by atoms with Gasteiger partial charge in [0.15, 0.2) is 6.10 Å². The summed E-state index contributed by atoms with van der Waals surface area (Å²) in [6.45, 7) is 6.57. The van der Waals surface area contributed by atoms with Crippen molar-refractivity contribution < 1.29 is 28.6 Å². The summed E-state index contributed by atoms with van der Waals surface area (Å²) in [5.41, 5.74) is 0. The second kappa shape index (κ2) is 54.7. The highest BCUT2D eigenvalue weighted by atomic mass is 16.6. The summed E-state index contributed by atoms with van der Waals surface area (Å²) in [5.74, 6) is -0.895. The van der Waals surface area contributed by atoms with Crippen molar-refractivity contribution in [2.75, 3.05) is 13.2 Å². The van der Waals surface area contributed by atoms with Gasteiger partial charge in [-0.25, -0.2) is 0 Å². The maximum atomic E-state index is 12.8. The van der Waals surface area contributed by atoms with Gasteiger partial charge in [0.1, 0.15) is 13.2 Å². The third-order valence-electron chi connectivity index (χ3n) is 12.2. The Morgan fingerprint density at radius 1 is 0.303 bits per heavy atom. The van der Waals surface area contributed by atoms with Crippen molar-refractivity contribution in [1.29, 1.82) is 0 Å². The van der Waals surface area contributed by atoms with Gasteiger partial charge in [-0.15, -0.1) is 0 Å². The van der Waals surface area contributed by atoms with Crippen LogP contribution in [0.25, 0.3) is 0 Å². The lowest BCUT2D eigenvalue weighted by atomic mass is 10.1. The highest BCUT2D eigenvalue weighted by Crippen LogP contribution is 2.15. The van der Waals surface area contributed by atoms with E-state index in [1.807, 2.05) is 0 Å². The van der Waals surface area contributed by atoms with Gasteiger partial charge >= 0.3 is 17.9 Å². The maximum absolute atomic E-state index is 12.8. The van der Waals surface area contributed by atoms with E-state index in [0.717, 1.165) is 96.3 Å². The Morgan fingerprint density at radius 3 is 0.879 bits per heavy atom. The van der Waals surface area contributed by atoms with Gasteiger partial charge in [0.05, 0.1) is 0 Å². The Labute approximate surface area is 409 Å². The number of unbranched alkanes of at least 4 members (excludes halogenated alkanes) is 30. The van der Waals surface area contributed by atoms with Crippen molar-refractivity contribution in [3.05, 3.63) is 60.8 Å². The Hall–Kier alpha value is -2.89. The summed E-state index contributed by atoms with van der Waals surface area (Å²) < 4.78 is 16.8. The quantitative estimate of drug-likeness (QED) is 0.0262. The first-order valence-corrected chi connectivity index (χ1v) is 28.3. The summed E-state index contributed by atoms with van der Waals surface area (Å²) in [6.07, 6.45) is 67.9. The Balaban J connectivity index is 4.21. The molecule has 0 N–H and O–H groups in total. The molecule has 0 aromatic rings. The molecule has 6 nitrogen and oxygen atoms in total. The third-order valence-corrected chi connectivity index (χ3v) is 12.2. The minimum atomic E-state index is -0.780. The Morgan fingerprint density at radius 2 is 0.545 bits per heavy atom. The first-order chi connectivity index (χ1) is 32.5. The predicted molar refractivity (Wildman–Crippen MR) is 284 cm³/mol. The van der Waals surface area contributed by atoms with Gasteiger partial charge < -0.3 is 14.2 Å². The molecule has 1 atom stereocenters. The zero-order valence-corrected chi connectivity index (χ0v) is 43.7. The average Bonchev–Trinajstić information content (AvgIpc) is 3.31. The maximum Gasteiger partial charge on any atom is 0.306 e. The molecule has 0 spiro atoms. The molecule has 0 bridgehead atoms. The van der Waals surface area contributed by atoms with Crippen LogP contribution in [0, 0.1) is 0 Å². The monoisotopic (exact) mass is 923 g/mol. The minimum Gasteiger partial charge on any atom is -0.462 e. The lowest BCUT2D eigenvalue weighted by Crippen LogP contribution is -2.30. The molecule has 0 aliphatic carbocycles. The first-order valence-electron chi connectivity index (χ1n) is 28.3. The number of esters is 3. The molecule has 0 aliphatic heterocycles. The summed E-state index contributed by atoms with van der Waals surface area (Å²) in [7, 11) is 0. The van der Waals surface area contributed by atoms with Crippen LogP contribution < -0.4 is 0 Å². The number of rotatable bonds is 51. The van der Waals surface area contributed by atoms with Crippen molar-refractivity contribution in [3.63, 3.8) is 0 Å². The van der Waals surface area contributed by atoms with Crippen molar-refractivity contribution in [3.8, 4) is 0 Å².